The topological polar surface area (TPSA) is 29.3 Å². The second-order valence-electron chi connectivity index (χ2n) is 4.45. The second-order valence-corrected chi connectivity index (χ2v) is 4.85. The van der Waals surface area contributed by atoms with Crippen molar-refractivity contribution in [3.05, 3.63) is 34.9 Å². The fraction of sp³-hybridized carbons (Fsp3) is 0.538. The molecule has 1 fully saturated rings. The normalized spacial score (nSPS) is 20.9. The quantitative estimate of drug-likeness (QED) is 0.918. The molecule has 4 heteroatoms. The van der Waals surface area contributed by atoms with Gasteiger partial charge in [0.1, 0.15) is 0 Å². The molecule has 2 rings (SSSR count). The third-order valence-corrected chi connectivity index (χ3v) is 3.72. The lowest BCUT2D eigenvalue weighted by Gasteiger charge is -2.35. The molecule has 0 bridgehead atoms. The lowest BCUT2D eigenvalue weighted by atomic mass is 10.0. The van der Waals surface area contributed by atoms with Crippen molar-refractivity contribution in [2.24, 2.45) is 5.73 Å². The zero-order valence-corrected chi connectivity index (χ0v) is 11.5. The predicted molar refractivity (Wildman–Crippen MR) is 75.8 cm³/mol. The Morgan fingerprint density at radius 3 is 2.76 bits per heavy atom. The molecule has 1 aromatic rings. The third kappa shape index (κ3) is 3.85. The molecule has 1 heterocycles. The average Bonchev–Trinajstić information content (AvgIpc) is 2.33. The van der Waals surface area contributed by atoms with Crippen LogP contribution in [0.1, 0.15) is 24.8 Å². The van der Waals surface area contributed by atoms with Crippen LogP contribution in [0.15, 0.2) is 24.3 Å². The highest BCUT2D eigenvalue weighted by Crippen LogP contribution is 2.22. The van der Waals surface area contributed by atoms with Gasteiger partial charge in [-0.25, -0.2) is 0 Å². The number of rotatable bonds is 3. The summed E-state index contributed by atoms with van der Waals surface area (Å²) in [6.07, 6.45) is 3.81. The van der Waals surface area contributed by atoms with Gasteiger partial charge in [0, 0.05) is 24.2 Å². The van der Waals surface area contributed by atoms with Crippen LogP contribution in [-0.4, -0.2) is 24.0 Å². The van der Waals surface area contributed by atoms with Crippen LogP contribution < -0.4 is 5.73 Å². The molecule has 1 aromatic carbocycles. The Morgan fingerprint density at radius 1 is 1.29 bits per heavy atom. The van der Waals surface area contributed by atoms with E-state index in [1.54, 1.807) is 0 Å². The maximum Gasteiger partial charge on any atom is 0.0451 e. The average molecular weight is 275 g/mol. The van der Waals surface area contributed by atoms with Crippen LogP contribution in [-0.2, 0) is 6.54 Å². The van der Waals surface area contributed by atoms with E-state index in [1.807, 2.05) is 18.2 Å². The molecule has 1 atom stereocenters. The van der Waals surface area contributed by atoms with Crippen molar-refractivity contribution in [1.82, 2.24) is 4.90 Å². The van der Waals surface area contributed by atoms with Gasteiger partial charge in [-0.15, -0.1) is 12.4 Å². The highest BCUT2D eigenvalue weighted by Gasteiger charge is 2.21. The van der Waals surface area contributed by atoms with Crippen molar-refractivity contribution in [3.8, 4) is 0 Å². The summed E-state index contributed by atoms with van der Waals surface area (Å²) in [5.74, 6) is 0. The summed E-state index contributed by atoms with van der Waals surface area (Å²) >= 11 is 6.18. The minimum atomic E-state index is 0. The highest BCUT2D eigenvalue weighted by molar-refractivity contribution is 6.31. The molecular formula is C13H20Cl2N2. The number of benzene rings is 1. The second kappa shape index (κ2) is 7.22. The standard InChI is InChI=1S/C13H19ClN2.ClH/c14-13-7-2-1-5-11(13)10-16-8-4-3-6-12(16)9-15;/h1-2,5,7,12H,3-4,6,8-10,15H2;1H. The monoisotopic (exact) mass is 274 g/mol. The summed E-state index contributed by atoms with van der Waals surface area (Å²) in [5.41, 5.74) is 7.02. The van der Waals surface area contributed by atoms with Crippen molar-refractivity contribution >= 4 is 24.0 Å². The smallest absolute Gasteiger partial charge is 0.0451 e. The molecule has 0 spiro atoms. The molecule has 17 heavy (non-hydrogen) atoms. The van der Waals surface area contributed by atoms with E-state index in [0.717, 1.165) is 24.7 Å². The first-order valence-corrected chi connectivity index (χ1v) is 6.36. The molecule has 0 saturated carbocycles. The molecule has 0 amide bonds. The number of likely N-dealkylation sites (tertiary alicyclic amines) is 1. The van der Waals surface area contributed by atoms with Crippen molar-refractivity contribution in [2.45, 2.75) is 31.8 Å². The van der Waals surface area contributed by atoms with Crippen molar-refractivity contribution in [3.63, 3.8) is 0 Å². The SMILES string of the molecule is Cl.NCC1CCCCN1Cc1ccccc1Cl. The summed E-state index contributed by atoms with van der Waals surface area (Å²) in [7, 11) is 0. The molecule has 96 valence electrons. The van der Waals surface area contributed by atoms with Gasteiger partial charge in [-0.3, -0.25) is 4.90 Å². The first kappa shape index (κ1) is 14.8. The Bertz CT molecular complexity index is 344. The largest absolute Gasteiger partial charge is 0.329 e. The van der Waals surface area contributed by atoms with Crippen LogP contribution >= 0.6 is 24.0 Å². The van der Waals surface area contributed by atoms with E-state index >= 15 is 0 Å². The van der Waals surface area contributed by atoms with E-state index in [-0.39, 0.29) is 12.4 Å². The fourth-order valence-electron chi connectivity index (χ4n) is 2.38. The number of hydrogen-bond acceptors (Lipinski definition) is 2. The Morgan fingerprint density at radius 2 is 2.06 bits per heavy atom. The first-order chi connectivity index (χ1) is 7.81. The van der Waals surface area contributed by atoms with E-state index in [0.29, 0.717) is 6.04 Å². The van der Waals surface area contributed by atoms with E-state index in [1.165, 1.54) is 24.8 Å². The number of nitrogens with zero attached hydrogens (tertiary/aromatic N) is 1. The Balaban J connectivity index is 0.00000144. The molecule has 2 nitrogen and oxygen atoms in total. The van der Waals surface area contributed by atoms with Crippen molar-refractivity contribution < 1.29 is 0 Å². The lowest BCUT2D eigenvalue weighted by molar-refractivity contribution is 0.145. The van der Waals surface area contributed by atoms with Crippen molar-refractivity contribution in [1.29, 1.82) is 0 Å². The van der Waals surface area contributed by atoms with E-state index in [9.17, 15) is 0 Å². The Labute approximate surface area is 115 Å². The van der Waals surface area contributed by atoms with E-state index < -0.39 is 0 Å². The molecule has 0 radical (unpaired) electrons. The van der Waals surface area contributed by atoms with Gasteiger partial charge in [-0.2, -0.15) is 0 Å². The van der Waals surface area contributed by atoms with Crippen LogP contribution in [0.25, 0.3) is 0 Å². The number of piperidine rings is 1. The van der Waals surface area contributed by atoms with Crippen LogP contribution in [0.4, 0.5) is 0 Å². The number of nitrogens with two attached hydrogens (primary N) is 1. The molecule has 0 aromatic heterocycles. The van der Waals surface area contributed by atoms with Gasteiger partial charge in [0.2, 0.25) is 0 Å². The number of halogens is 2. The summed E-state index contributed by atoms with van der Waals surface area (Å²) < 4.78 is 0. The lowest BCUT2D eigenvalue weighted by Crippen LogP contribution is -2.43. The summed E-state index contributed by atoms with van der Waals surface area (Å²) in [5, 5.41) is 0.865. The van der Waals surface area contributed by atoms with Gasteiger partial charge in [0.15, 0.2) is 0 Å². The Kier molecular flexibility index (Phi) is 6.28. The van der Waals surface area contributed by atoms with Gasteiger partial charge in [0.05, 0.1) is 0 Å². The molecule has 1 aliphatic heterocycles. The van der Waals surface area contributed by atoms with Gasteiger partial charge in [-0.05, 0) is 31.0 Å². The molecule has 0 aliphatic carbocycles. The summed E-state index contributed by atoms with van der Waals surface area (Å²) in [6.45, 7) is 2.83. The van der Waals surface area contributed by atoms with Crippen LogP contribution in [0.3, 0.4) is 0 Å². The molecular weight excluding hydrogens is 255 g/mol. The zero-order chi connectivity index (χ0) is 11.4. The molecule has 2 N–H and O–H groups in total. The van der Waals surface area contributed by atoms with E-state index in [2.05, 4.69) is 11.0 Å². The molecule has 1 unspecified atom stereocenters. The van der Waals surface area contributed by atoms with Crippen molar-refractivity contribution in [2.75, 3.05) is 13.1 Å². The van der Waals surface area contributed by atoms with Gasteiger partial charge < -0.3 is 5.73 Å². The number of hydrogen-bond donors (Lipinski definition) is 1. The summed E-state index contributed by atoms with van der Waals surface area (Å²) in [6, 6.07) is 8.61. The predicted octanol–water partition coefficient (Wildman–Crippen LogP) is 3.08. The van der Waals surface area contributed by atoms with Gasteiger partial charge in [-0.1, -0.05) is 36.2 Å². The van der Waals surface area contributed by atoms with E-state index in [4.69, 9.17) is 17.3 Å². The first-order valence-electron chi connectivity index (χ1n) is 5.99. The maximum absolute atomic E-state index is 6.18. The molecule has 1 aliphatic rings. The third-order valence-electron chi connectivity index (χ3n) is 3.35. The Hall–Kier alpha value is -0.280. The van der Waals surface area contributed by atoms with Gasteiger partial charge in [0.25, 0.3) is 0 Å². The van der Waals surface area contributed by atoms with Crippen LogP contribution in [0, 0.1) is 0 Å². The fourth-order valence-corrected chi connectivity index (χ4v) is 2.58. The molecule has 1 saturated heterocycles. The zero-order valence-electron chi connectivity index (χ0n) is 9.94. The minimum absolute atomic E-state index is 0. The minimum Gasteiger partial charge on any atom is -0.329 e. The highest BCUT2D eigenvalue weighted by atomic mass is 35.5. The maximum atomic E-state index is 6.18. The summed E-state index contributed by atoms with van der Waals surface area (Å²) in [4.78, 5) is 2.46. The van der Waals surface area contributed by atoms with Crippen LogP contribution in [0.2, 0.25) is 5.02 Å². The van der Waals surface area contributed by atoms with Crippen LogP contribution in [0.5, 0.6) is 0 Å². The van der Waals surface area contributed by atoms with Gasteiger partial charge >= 0.3 is 0 Å².